The summed E-state index contributed by atoms with van der Waals surface area (Å²) >= 11 is 0. The first-order valence-electron chi connectivity index (χ1n) is 8.88. The summed E-state index contributed by atoms with van der Waals surface area (Å²) in [6.07, 6.45) is 1.60. The maximum absolute atomic E-state index is 12.6. The van der Waals surface area contributed by atoms with E-state index in [1.165, 1.54) is 0 Å². The van der Waals surface area contributed by atoms with Crippen LogP contribution in [0, 0.1) is 6.92 Å². The molecule has 4 rings (SSSR count). The van der Waals surface area contributed by atoms with Crippen LogP contribution in [0.1, 0.15) is 15.9 Å². The molecular weight excluding hydrogens is 350 g/mol. The van der Waals surface area contributed by atoms with Crippen molar-refractivity contribution in [1.29, 1.82) is 0 Å². The van der Waals surface area contributed by atoms with E-state index < -0.39 is 0 Å². The molecule has 3 aromatic carbocycles. The molecule has 1 heterocycles. The Kier molecular flexibility index (Phi) is 4.64. The zero-order valence-electron chi connectivity index (χ0n) is 15.3. The third kappa shape index (κ3) is 3.94. The number of nitrogens with zero attached hydrogens (tertiary/aromatic N) is 1. The summed E-state index contributed by atoms with van der Waals surface area (Å²) < 4.78 is 5.86. The molecule has 4 aromatic rings. The Labute approximate surface area is 162 Å². The fourth-order valence-electron chi connectivity index (χ4n) is 2.98. The lowest BCUT2D eigenvalue weighted by Gasteiger charge is -2.09. The maximum Gasteiger partial charge on any atom is 0.255 e. The second kappa shape index (κ2) is 7.40. The third-order valence-corrected chi connectivity index (χ3v) is 4.34. The molecular formula is C23H19N3O2. The van der Waals surface area contributed by atoms with Crippen LogP contribution >= 0.6 is 0 Å². The van der Waals surface area contributed by atoms with Gasteiger partial charge in [0.1, 0.15) is 17.3 Å². The number of rotatable bonds is 4. The number of fused-ring (bicyclic) bond motifs is 1. The van der Waals surface area contributed by atoms with Gasteiger partial charge in [-0.25, -0.2) is 4.98 Å². The lowest BCUT2D eigenvalue weighted by molar-refractivity contribution is 0.102. The van der Waals surface area contributed by atoms with E-state index in [2.05, 4.69) is 10.3 Å². The number of amides is 1. The number of carbonyl (C=O) groups is 1. The average molecular weight is 369 g/mol. The molecule has 5 nitrogen and oxygen atoms in total. The Morgan fingerprint density at radius 2 is 1.75 bits per heavy atom. The van der Waals surface area contributed by atoms with Gasteiger partial charge in [0.2, 0.25) is 0 Å². The number of pyridine rings is 1. The molecule has 28 heavy (non-hydrogen) atoms. The summed E-state index contributed by atoms with van der Waals surface area (Å²) in [5.74, 6) is 1.52. The maximum atomic E-state index is 12.6. The third-order valence-electron chi connectivity index (χ3n) is 4.34. The lowest BCUT2D eigenvalue weighted by Crippen LogP contribution is -2.11. The Morgan fingerprint density at radius 3 is 2.57 bits per heavy atom. The fraction of sp³-hybridized carbons (Fsp3) is 0.0435. The van der Waals surface area contributed by atoms with E-state index in [-0.39, 0.29) is 5.91 Å². The number of hydrogen-bond donors (Lipinski definition) is 2. The number of ether oxygens (including phenoxy) is 1. The highest BCUT2D eigenvalue weighted by Crippen LogP contribution is 2.27. The van der Waals surface area contributed by atoms with E-state index in [0.717, 1.165) is 22.0 Å². The number of nitrogen functional groups attached to an aromatic ring is 1. The monoisotopic (exact) mass is 369 g/mol. The van der Waals surface area contributed by atoms with Gasteiger partial charge in [-0.2, -0.15) is 0 Å². The SMILES string of the molecule is Cc1cccc(NC(=O)c2ccc3ccc(Oc4ccnc(N)c4)cc3c2)c1. The van der Waals surface area contributed by atoms with E-state index in [1.807, 2.05) is 67.6 Å². The Morgan fingerprint density at radius 1 is 0.929 bits per heavy atom. The fourth-order valence-corrected chi connectivity index (χ4v) is 2.98. The summed E-state index contributed by atoms with van der Waals surface area (Å²) in [4.78, 5) is 16.6. The first kappa shape index (κ1) is 17.5. The minimum atomic E-state index is -0.152. The lowest BCUT2D eigenvalue weighted by atomic mass is 10.1. The average Bonchev–Trinajstić information content (AvgIpc) is 2.67. The number of hydrogen-bond acceptors (Lipinski definition) is 4. The van der Waals surface area contributed by atoms with Gasteiger partial charge in [-0.3, -0.25) is 4.79 Å². The van der Waals surface area contributed by atoms with Gasteiger partial charge in [0.05, 0.1) is 0 Å². The minimum absolute atomic E-state index is 0.152. The van der Waals surface area contributed by atoms with Crippen LogP contribution in [0.4, 0.5) is 11.5 Å². The number of aromatic nitrogens is 1. The molecule has 0 radical (unpaired) electrons. The van der Waals surface area contributed by atoms with Gasteiger partial charge in [-0.15, -0.1) is 0 Å². The standard InChI is InChI=1S/C23H19N3O2/c1-15-3-2-4-19(11-15)26-23(27)17-6-5-16-7-8-20(13-18(16)12-17)28-21-9-10-25-22(24)14-21/h2-14H,1H3,(H2,24,25)(H,26,27). The van der Waals surface area contributed by atoms with Crippen LogP contribution in [0.3, 0.4) is 0 Å². The van der Waals surface area contributed by atoms with Gasteiger partial charge in [0.15, 0.2) is 0 Å². The normalized spacial score (nSPS) is 10.6. The van der Waals surface area contributed by atoms with Crippen LogP contribution in [-0.4, -0.2) is 10.9 Å². The topological polar surface area (TPSA) is 77.2 Å². The molecule has 0 unspecified atom stereocenters. The summed E-state index contributed by atoms with van der Waals surface area (Å²) in [6.45, 7) is 1.99. The van der Waals surface area contributed by atoms with Gasteiger partial charge in [-0.1, -0.05) is 24.3 Å². The number of aryl methyl sites for hydroxylation is 1. The number of carbonyl (C=O) groups excluding carboxylic acids is 1. The molecule has 138 valence electrons. The van der Waals surface area contributed by atoms with E-state index in [1.54, 1.807) is 18.3 Å². The molecule has 0 aliphatic carbocycles. The predicted molar refractivity (Wildman–Crippen MR) is 112 cm³/mol. The summed E-state index contributed by atoms with van der Waals surface area (Å²) in [5, 5.41) is 4.87. The van der Waals surface area contributed by atoms with Gasteiger partial charge in [-0.05, 0) is 65.7 Å². The van der Waals surface area contributed by atoms with Crippen molar-refractivity contribution in [3.8, 4) is 11.5 Å². The molecule has 0 aliphatic rings. The molecule has 1 aromatic heterocycles. The zero-order chi connectivity index (χ0) is 19.5. The molecule has 0 bridgehead atoms. The van der Waals surface area contributed by atoms with E-state index in [9.17, 15) is 4.79 Å². The second-order valence-electron chi connectivity index (χ2n) is 6.57. The van der Waals surface area contributed by atoms with Gasteiger partial charge >= 0.3 is 0 Å². The molecule has 0 fully saturated rings. The van der Waals surface area contributed by atoms with Crippen molar-refractivity contribution in [1.82, 2.24) is 4.98 Å². The van der Waals surface area contributed by atoms with Gasteiger partial charge in [0.25, 0.3) is 5.91 Å². The molecule has 0 atom stereocenters. The highest BCUT2D eigenvalue weighted by molar-refractivity contribution is 6.06. The van der Waals surface area contributed by atoms with Gasteiger partial charge in [0, 0.05) is 23.5 Å². The number of anilines is 2. The molecule has 0 aliphatic heterocycles. The van der Waals surface area contributed by atoms with Crippen LogP contribution in [0.25, 0.3) is 10.8 Å². The number of nitrogens with one attached hydrogen (secondary N) is 1. The van der Waals surface area contributed by atoms with Crippen molar-refractivity contribution >= 4 is 28.2 Å². The van der Waals surface area contributed by atoms with Crippen LogP contribution in [0.2, 0.25) is 0 Å². The summed E-state index contributed by atoms with van der Waals surface area (Å²) in [5.41, 5.74) is 8.14. The van der Waals surface area contributed by atoms with Crippen LogP contribution in [0.15, 0.2) is 79.0 Å². The molecule has 0 spiro atoms. The molecule has 0 saturated heterocycles. The zero-order valence-corrected chi connectivity index (χ0v) is 15.3. The van der Waals surface area contributed by atoms with Crippen molar-refractivity contribution in [3.63, 3.8) is 0 Å². The Hall–Kier alpha value is -3.86. The van der Waals surface area contributed by atoms with Crippen molar-refractivity contribution < 1.29 is 9.53 Å². The number of benzene rings is 3. The smallest absolute Gasteiger partial charge is 0.255 e. The van der Waals surface area contributed by atoms with E-state index in [4.69, 9.17) is 10.5 Å². The quantitative estimate of drug-likeness (QED) is 0.520. The van der Waals surface area contributed by atoms with Crippen LogP contribution in [0.5, 0.6) is 11.5 Å². The van der Waals surface area contributed by atoms with Crippen LogP contribution < -0.4 is 15.8 Å². The summed E-state index contributed by atoms with van der Waals surface area (Å²) in [6, 6.07) is 22.5. The summed E-state index contributed by atoms with van der Waals surface area (Å²) in [7, 11) is 0. The Bertz CT molecular complexity index is 1170. The Balaban J connectivity index is 1.59. The molecule has 5 heteroatoms. The van der Waals surface area contributed by atoms with Crippen molar-refractivity contribution in [2.24, 2.45) is 0 Å². The van der Waals surface area contributed by atoms with Crippen molar-refractivity contribution in [2.45, 2.75) is 6.92 Å². The van der Waals surface area contributed by atoms with Crippen molar-refractivity contribution in [2.75, 3.05) is 11.1 Å². The van der Waals surface area contributed by atoms with Gasteiger partial charge < -0.3 is 15.8 Å². The van der Waals surface area contributed by atoms with E-state index in [0.29, 0.717) is 22.9 Å². The largest absolute Gasteiger partial charge is 0.457 e. The van der Waals surface area contributed by atoms with Crippen LogP contribution in [-0.2, 0) is 0 Å². The highest BCUT2D eigenvalue weighted by atomic mass is 16.5. The van der Waals surface area contributed by atoms with Crippen molar-refractivity contribution in [3.05, 3.63) is 90.1 Å². The first-order valence-corrected chi connectivity index (χ1v) is 8.88. The second-order valence-corrected chi connectivity index (χ2v) is 6.57. The minimum Gasteiger partial charge on any atom is -0.457 e. The number of nitrogens with two attached hydrogens (primary N) is 1. The molecule has 3 N–H and O–H groups in total. The predicted octanol–water partition coefficient (Wildman–Crippen LogP) is 5.17. The molecule has 1 amide bonds. The highest BCUT2D eigenvalue weighted by Gasteiger charge is 2.08. The van der Waals surface area contributed by atoms with E-state index >= 15 is 0 Å². The molecule has 0 saturated carbocycles. The first-order chi connectivity index (χ1) is 13.6.